The number of ketones is 1. The van der Waals surface area contributed by atoms with Crippen molar-refractivity contribution in [1.29, 1.82) is 0 Å². The molecule has 0 saturated heterocycles. The summed E-state index contributed by atoms with van der Waals surface area (Å²) in [7, 11) is 0. The molecule has 0 fully saturated rings. The molecule has 0 aliphatic rings. The topological polar surface area (TPSA) is 68.2 Å². The van der Waals surface area contributed by atoms with Crippen LogP contribution >= 0.6 is 0 Å². The first-order valence-electron chi connectivity index (χ1n) is 5.68. The normalized spacial score (nSPS) is 9.95. The number of amides is 1. The Morgan fingerprint density at radius 3 is 2.37 bits per heavy atom. The minimum absolute atomic E-state index is 0.216. The van der Waals surface area contributed by atoms with E-state index in [1.54, 1.807) is 12.1 Å². The summed E-state index contributed by atoms with van der Waals surface area (Å²) in [5.74, 6) is -1.30. The summed E-state index contributed by atoms with van der Waals surface area (Å²) in [5.41, 5.74) is 0.863. The minimum atomic E-state index is -0.710. The van der Waals surface area contributed by atoms with E-state index < -0.39 is 11.7 Å². The molecule has 19 heavy (non-hydrogen) atoms. The molecule has 5 heteroatoms. The number of rotatable bonds is 3. The van der Waals surface area contributed by atoms with Crippen molar-refractivity contribution in [3.63, 3.8) is 0 Å². The quantitative estimate of drug-likeness (QED) is 0.843. The van der Waals surface area contributed by atoms with Crippen molar-refractivity contribution in [2.45, 2.75) is 6.92 Å². The summed E-state index contributed by atoms with van der Waals surface area (Å²) in [6.45, 7) is 1.18. The van der Waals surface area contributed by atoms with Gasteiger partial charge in [-0.2, -0.15) is 0 Å². The lowest BCUT2D eigenvalue weighted by atomic mass is 10.3. The van der Waals surface area contributed by atoms with Gasteiger partial charge in [-0.05, 0) is 18.2 Å². The SMILES string of the molecule is CC(=O)C(=O)Nc1ccc(=O)n(-c2ccccc2)c1. The molecule has 2 aromatic rings. The van der Waals surface area contributed by atoms with E-state index in [1.165, 1.54) is 29.8 Å². The van der Waals surface area contributed by atoms with E-state index in [-0.39, 0.29) is 5.56 Å². The summed E-state index contributed by atoms with van der Waals surface area (Å²) in [6.07, 6.45) is 1.48. The number of hydrogen-bond donors (Lipinski definition) is 1. The van der Waals surface area contributed by atoms with Crippen molar-refractivity contribution in [3.05, 3.63) is 59.0 Å². The molecule has 1 heterocycles. The van der Waals surface area contributed by atoms with E-state index >= 15 is 0 Å². The standard InChI is InChI=1S/C14H12N2O3/c1-10(17)14(19)15-11-7-8-13(18)16(9-11)12-5-3-2-4-6-12/h2-9H,1H3,(H,15,19). The first kappa shape index (κ1) is 12.8. The molecular formula is C14H12N2O3. The van der Waals surface area contributed by atoms with Gasteiger partial charge in [0.25, 0.3) is 11.5 Å². The fraction of sp³-hybridized carbons (Fsp3) is 0.0714. The van der Waals surface area contributed by atoms with Gasteiger partial charge in [0, 0.05) is 24.9 Å². The number of Topliss-reactive ketones (excluding diaryl/α,β-unsaturated/α-hetero) is 1. The van der Waals surface area contributed by atoms with E-state index in [1.807, 2.05) is 18.2 Å². The molecule has 96 valence electrons. The van der Waals surface area contributed by atoms with Crippen LogP contribution in [0, 0.1) is 0 Å². The number of carbonyl (C=O) groups is 2. The van der Waals surface area contributed by atoms with Crippen molar-refractivity contribution < 1.29 is 9.59 Å². The molecule has 0 radical (unpaired) electrons. The van der Waals surface area contributed by atoms with E-state index in [0.717, 1.165) is 0 Å². The second kappa shape index (κ2) is 5.30. The maximum atomic E-state index is 11.8. The molecule has 0 bridgehead atoms. The predicted octanol–water partition coefficient (Wildman–Crippen LogP) is 1.37. The van der Waals surface area contributed by atoms with Crippen LogP contribution in [0.25, 0.3) is 5.69 Å². The van der Waals surface area contributed by atoms with Gasteiger partial charge in [0.2, 0.25) is 5.78 Å². The predicted molar refractivity (Wildman–Crippen MR) is 71.3 cm³/mol. The molecule has 1 N–H and O–H groups in total. The number of hydrogen-bond acceptors (Lipinski definition) is 3. The summed E-state index contributed by atoms with van der Waals surface area (Å²) in [4.78, 5) is 34.0. The van der Waals surface area contributed by atoms with Crippen molar-refractivity contribution in [1.82, 2.24) is 4.57 Å². The summed E-state index contributed by atoms with van der Waals surface area (Å²) >= 11 is 0. The third-order valence-electron chi connectivity index (χ3n) is 2.52. The minimum Gasteiger partial charge on any atom is -0.318 e. The lowest BCUT2D eigenvalue weighted by Gasteiger charge is -2.08. The van der Waals surface area contributed by atoms with Crippen LogP contribution in [0.1, 0.15) is 6.92 Å². The maximum absolute atomic E-state index is 11.8. The first-order chi connectivity index (χ1) is 9.08. The molecule has 0 aliphatic heterocycles. The molecule has 0 spiro atoms. The molecule has 0 unspecified atom stereocenters. The lowest BCUT2D eigenvalue weighted by Crippen LogP contribution is -2.22. The molecule has 2 rings (SSSR count). The zero-order chi connectivity index (χ0) is 13.8. The van der Waals surface area contributed by atoms with E-state index in [9.17, 15) is 14.4 Å². The third kappa shape index (κ3) is 2.95. The molecule has 0 atom stereocenters. The summed E-state index contributed by atoms with van der Waals surface area (Å²) < 4.78 is 1.40. The Bertz CT molecular complexity index is 675. The highest BCUT2D eigenvalue weighted by Crippen LogP contribution is 2.09. The number of anilines is 1. The van der Waals surface area contributed by atoms with Gasteiger partial charge in [-0.15, -0.1) is 0 Å². The van der Waals surface area contributed by atoms with E-state index in [4.69, 9.17) is 0 Å². The number of carbonyl (C=O) groups excluding carboxylic acids is 2. The number of benzene rings is 1. The van der Waals surface area contributed by atoms with Crippen LogP contribution in [-0.2, 0) is 9.59 Å². The van der Waals surface area contributed by atoms with Gasteiger partial charge in [0.15, 0.2) is 0 Å². The monoisotopic (exact) mass is 256 g/mol. The van der Waals surface area contributed by atoms with Crippen LogP contribution in [-0.4, -0.2) is 16.3 Å². The third-order valence-corrected chi connectivity index (χ3v) is 2.52. The summed E-state index contributed by atoms with van der Waals surface area (Å²) in [5, 5.41) is 2.43. The van der Waals surface area contributed by atoms with Crippen LogP contribution in [0.2, 0.25) is 0 Å². The molecule has 1 aromatic carbocycles. The van der Waals surface area contributed by atoms with Crippen LogP contribution in [0.15, 0.2) is 53.5 Å². The molecule has 0 aliphatic carbocycles. The van der Waals surface area contributed by atoms with Gasteiger partial charge >= 0.3 is 0 Å². The van der Waals surface area contributed by atoms with Crippen LogP contribution in [0.4, 0.5) is 5.69 Å². The van der Waals surface area contributed by atoms with Crippen molar-refractivity contribution >= 4 is 17.4 Å². The Labute approximate surface area is 109 Å². The fourth-order valence-corrected chi connectivity index (χ4v) is 1.57. The van der Waals surface area contributed by atoms with Crippen molar-refractivity contribution in [2.24, 2.45) is 0 Å². The molecule has 0 saturated carbocycles. The Kier molecular flexibility index (Phi) is 3.56. The van der Waals surface area contributed by atoms with Gasteiger partial charge in [-0.1, -0.05) is 18.2 Å². The van der Waals surface area contributed by atoms with Gasteiger partial charge in [0.1, 0.15) is 0 Å². The lowest BCUT2D eigenvalue weighted by molar-refractivity contribution is -0.133. The number of pyridine rings is 1. The van der Waals surface area contributed by atoms with Gasteiger partial charge in [0.05, 0.1) is 5.69 Å². The van der Waals surface area contributed by atoms with Gasteiger partial charge < -0.3 is 5.32 Å². The van der Waals surface area contributed by atoms with Crippen LogP contribution in [0.3, 0.4) is 0 Å². The smallest absolute Gasteiger partial charge is 0.291 e. The molecule has 1 amide bonds. The number of nitrogens with one attached hydrogen (secondary N) is 1. The Balaban J connectivity index is 2.38. The Morgan fingerprint density at radius 1 is 1.05 bits per heavy atom. The van der Waals surface area contributed by atoms with Crippen molar-refractivity contribution in [3.8, 4) is 5.69 Å². The zero-order valence-corrected chi connectivity index (χ0v) is 10.3. The largest absolute Gasteiger partial charge is 0.318 e. The first-order valence-corrected chi connectivity index (χ1v) is 5.68. The van der Waals surface area contributed by atoms with Gasteiger partial charge in [-0.25, -0.2) is 0 Å². The van der Waals surface area contributed by atoms with Crippen molar-refractivity contribution in [2.75, 3.05) is 5.32 Å². The van der Waals surface area contributed by atoms with E-state index in [2.05, 4.69) is 5.32 Å². The van der Waals surface area contributed by atoms with Crippen LogP contribution in [0.5, 0.6) is 0 Å². The molecular weight excluding hydrogens is 244 g/mol. The second-order valence-electron chi connectivity index (χ2n) is 3.97. The Hall–Kier alpha value is -2.69. The highest BCUT2D eigenvalue weighted by molar-refractivity contribution is 6.39. The van der Waals surface area contributed by atoms with E-state index in [0.29, 0.717) is 11.4 Å². The average Bonchev–Trinajstić information content (AvgIpc) is 2.41. The molecule has 1 aromatic heterocycles. The highest BCUT2D eigenvalue weighted by atomic mass is 16.2. The molecule has 5 nitrogen and oxygen atoms in total. The summed E-state index contributed by atoms with van der Waals surface area (Å²) in [6, 6.07) is 11.8. The van der Waals surface area contributed by atoms with Crippen LogP contribution < -0.4 is 10.9 Å². The number of nitrogens with zero attached hydrogens (tertiary/aromatic N) is 1. The highest BCUT2D eigenvalue weighted by Gasteiger charge is 2.08. The number of aromatic nitrogens is 1. The second-order valence-corrected chi connectivity index (χ2v) is 3.97. The maximum Gasteiger partial charge on any atom is 0.291 e. The fourth-order valence-electron chi connectivity index (χ4n) is 1.57. The van der Waals surface area contributed by atoms with Gasteiger partial charge in [-0.3, -0.25) is 19.0 Å². The number of para-hydroxylation sites is 1. The zero-order valence-electron chi connectivity index (χ0n) is 10.3. The average molecular weight is 256 g/mol. The Morgan fingerprint density at radius 2 is 1.74 bits per heavy atom.